The molecule has 1 aromatic rings. The van der Waals surface area contributed by atoms with Gasteiger partial charge >= 0.3 is 0 Å². The number of aryl methyl sites for hydroxylation is 1. The predicted octanol–water partition coefficient (Wildman–Crippen LogP) is 2.22. The third-order valence-corrected chi connectivity index (χ3v) is 2.61. The summed E-state index contributed by atoms with van der Waals surface area (Å²) in [4.78, 5) is 0. The first-order chi connectivity index (χ1) is 5.34. The Kier molecular flexibility index (Phi) is 3.86. The van der Waals surface area contributed by atoms with Crippen LogP contribution in [0, 0.1) is 3.57 Å². The second-order valence-corrected chi connectivity index (χ2v) is 3.58. The third kappa shape index (κ3) is 2.79. The molecule has 0 aliphatic heterocycles. The number of benzene rings is 1. The van der Waals surface area contributed by atoms with Crippen molar-refractivity contribution in [1.29, 1.82) is 0 Å². The summed E-state index contributed by atoms with van der Waals surface area (Å²) in [5.74, 6) is 0. The molecular formula is C9H11IO. The first-order valence-corrected chi connectivity index (χ1v) is 4.76. The zero-order chi connectivity index (χ0) is 8.10. The zero-order valence-corrected chi connectivity index (χ0v) is 8.41. The number of hydrogen-bond donors (Lipinski definition) is 1. The van der Waals surface area contributed by atoms with Crippen molar-refractivity contribution in [3.63, 3.8) is 0 Å². The molecule has 2 heteroatoms. The Morgan fingerprint density at radius 3 is 2.64 bits per heavy atom. The maximum Gasteiger partial charge on any atom is 0.0434 e. The van der Waals surface area contributed by atoms with Gasteiger partial charge < -0.3 is 5.11 Å². The van der Waals surface area contributed by atoms with Crippen LogP contribution in [0.2, 0.25) is 0 Å². The van der Waals surface area contributed by atoms with E-state index in [9.17, 15) is 0 Å². The van der Waals surface area contributed by atoms with E-state index in [4.69, 9.17) is 5.11 Å². The standard InChI is InChI=1S/C9H11IO/c10-9-6-2-1-4-8(9)5-3-7-11/h1-2,4,6,11H,3,5,7H2. The lowest BCUT2D eigenvalue weighted by Crippen LogP contribution is -1.91. The van der Waals surface area contributed by atoms with Crippen molar-refractivity contribution >= 4 is 22.6 Å². The van der Waals surface area contributed by atoms with Crippen molar-refractivity contribution in [2.45, 2.75) is 12.8 Å². The van der Waals surface area contributed by atoms with Gasteiger partial charge in [0, 0.05) is 10.2 Å². The lowest BCUT2D eigenvalue weighted by atomic mass is 10.1. The molecule has 0 unspecified atom stereocenters. The minimum Gasteiger partial charge on any atom is -0.396 e. The zero-order valence-electron chi connectivity index (χ0n) is 6.26. The summed E-state index contributed by atoms with van der Waals surface area (Å²) in [6, 6.07) is 8.27. The first-order valence-electron chi connectivity index (χ1n) is 3.69. The van der Waals surface area contributed by atoms with Gasteiger partial charge in [-0.3, -0.25) is 0 Å². The van der Waals surface area contributed by atoms with Gasteiger partial charge in [-0.2, -0.15) is 0 Å². The van der Waals surface area contributed by atoms with Crippen molar-refractivity contribution < 1.29 is 5.11 Å². The molecule has 0 radical (unpaired) electrons. The Hall–Kier alpha value is -0.0900. The molecule has 1 aromatic carbocycles. The summed E-state index contributed by atoms with van der Waals surface area (Å²) in [5.41, 5.74) is 1.34. The minimum absolute atomic E-state index is 0.283. The molecule has 11 heavy (non-hydrogen) atoms. The van der Waals surface area contributed by atoms with Gasteiger partial charge in [-0.15, -0.1) is 0 Å². The summed E-state index contributed by atoms with van der Waals surface area (Å²) >= 11 is 2.32. The number of aliphatic hydroxyl groups excluding tert-OH is 1. The third-order valence-electron chi connectivity index (χ3n) is 1.56. The van der Waals surface area contributed by atoms with Crippen LogP contribution in [-0.4, -0.2) is 11.7 Å². The van der Waals surface area contributed by atoms with E-state index in [2.05, 4.69) is 34.7 Å². The molecule has 0 atom stereocenters. The van der Waals surface area contributed by atoms with Crippen LogP contribution in [0.5, 0.6) is 0 Å². The van der Waals surface area contributed by atoms with E-state index in [-0.39, 0.29) is 6.61 Å². The van der Waals surface area contributed by atoms with E-state index in [1.165, 1.54) is 9.13 Å². The Morgan fingerprint density at radius 1 is 1.27 bits per heavy atom. The SMILES string of the molecule is OCCCc1ccccc1I. The average Bonchev–Trinajstić information content (AvgIpc) is 2.03. The summed E-state index contributed by atoms with van der Waals surface area (Å²) in [7, 11) is 0. The molecular weight excluding hydrogens is 251 g/mol. The highest BCUT2D eigenvalue weighted by Gasteiger charge is 1.95. The highest BCUT2D eigenvalue weighted by atomic mass is 127. The smallest absolute Gasteiger partial charge is 0.0434 e. The molecule has 0 bridgehead atoms. The van der Waals surface area contributed by atoms with Crippen molar-refractivity contribution in [2.75, 3.05) is 6.61 Å². The van der Waals surface area contributed by atoms with Crippen molar-refractivity contribution in [3.8, 4) is 0 Å². The van der Waals surface area contributed by atoms with Gasteiger partial charge in [0.15, 0.2) is 0 Å². The van der Waals surface area contributed by atoms with Crippen LogP contribution in [0.3, 0.4) is 0 Å². The molecule has 0 fully saturated rings. The van der Waals surface area contributed by atoms with Gasteiger partial charge in [0.2, 0.25) is 0 Å². The largest absolute Gasteiger partial charge is 0.396 e. The fourth-order valence-corrected chi connectivity index (χ4v) is 1.63. The fraction of sp³-hybridized carbons (Fsp3) is 0.333. The monoisotopic (exact) mass is 262 g/mol. The molecule has 0 saturated carbocycles. The molecule has 0 aliphatic carbocycles. The van der Waals surface area contributed by atoms with Crippen molar-refractivity contribution in [1.82, 2.24) is 0 Å². The molecule has 0 amide bonds. The Bertz CT molecular complexity index is 223. The van der Waals surface area contributed by atoms with E-state index < -0.39 is 0 Å². The Labute approximate surface area is 80.6 Å². The summed E-state index contributed by atoms with van der Waals surface area (Å²) in [6.45, 7) is 0.283. The van der Waals surface area contributed by atoms with E-state index in [1.54, 1.807) is 0 Å². The van der Waals surface area contributed by atoms with Crippen LogP contribution in [0.4, 0.5) is 0 Å². The molecule has 1 rings (SSSR count). The Morgan fingerprint density at radius 2 is 2.00 bits per heavy atom. The molecule has 0 spiro atoms. The highest BCUT2D eigenvalue weighted by molar-refractivity contribution is 14.1. The van der Waals surface area contributed by atoms with E-state index in [0.29, 0.717) is 0 Å². The second-order valence-electron chi connectivity index (χ2n) is 2.42. The quantitative estimate of drug-likeness (QED) is 0.828. The van der Waals surface area contributed by atoms with Crippen LogP contribution in [0.1, 0.15) is 12.0 Å². The summed E-state index contributed by atoms with van der Waals surface area (Å²) < 4.78 is 1.29. The molecule has 0 aromatic heterocycles. The average molecular weight is 262 g/mol. The van der Waals surface area contributed by atoms with Gasteiger partial charge in [-0.05, 0) is 47.1 Å². The van der Waals surface area contributed by atoms with Gasteiger partial charge in [0.1, 0.15) is 0 Å². The maximum atomic E-state index is 8.62. The molecule has 0 heterocycles. The number of rotatable bonds is 3. The van der Waals surface area contributed by atoms with E-state index >= 15 is 0 Å². The van der Waals surface area contributed by atoms with Crippen LogP contribution < -0.4 is 0 Å². The van der Waals surface area contributed by atoms with Crippen LogP contribution in [0.15, 0.2) is 24.3 Å². The van der Waals surface area contributed by atoms with Gasteiger partial charge in [-0.1, -0.05) is 18.2 Å². The van der Waals surface area contributed by atoms with E-state index in [0.717, 1.165) is 12.8 Å². The number of hydrogen-bond acceptors (Lipinski definition) is 1. The normalized spacial score (nSPS) is 10.0. The molecule has 0 aliphatic rings. The second kappa shape index (κ2) is 4.72. The minimum atomic E-state index is 0.283. The van der Waals surface area contributed by atoms with Gasteiger partial charge in [-0.25, -0.2) is 0 Å². The number of aliphatic hydroxyl groups is 1. The van der Waals surface area contributed by atoms with Crippen molar-refractivity contribution in [3.05, 3.63) is 33.4 Å². The molecule has 60 valence electrons. The van der Waals surface area contributed by atoms with E-state index in [1.807, 2.05) is 12.1 Å². The molecule has 1 N–H and O–H groups in total. The molecule has 1 nitrogen and oxygen atoms in total. The van der Waals surface area contributed by atoms with Crippen LogP contribution in [0.25, 0.3) is 0 Å². The van der Waals surface area contributed by atoms with Gasteiger partial charge in [0.25, 0.3) is 0 Å². The number of halogens is 1. The fourth-order valence-electron chi connectivity index (χ4n) is 0.971. The highest BCUT2D eigenvalue weighted by Crippen LogP contribution is 2.12. The summed E-state index contributed by atoms with van der Waals surface area (Å²) in [6.07, 6.45) is 1.84. The molecule has 0 saturated heterocycles. The predicted molar refractivity (Wildman–Crippen MR) is 54.6 cm³/mol. The lowest BCUT2D eigenvalue weighted by Gasteiger charge is -2.01. The summed E-state index contributed by atoms with van der Waals surface area (Å²) in [5, 5.41) is 8.62. The van der Waals surface area contributed by atoms with Crippen LogP contribution in [-0.2, 0) is 6.42 Å². The van der Waals surface area contributed by atoms with Gasteiger partial charge in [0.05, 0.1) is 0 Å². The van der Waals surface area contributed by atoms with Crippen LogP contribution >= 0.6 is 22.6 Å². The lowest BCUT2D eigenvalue weighted by molar-refractivity contribution is 0.288. The van der Waals surface area contributed by atoms with Crippen molar-refractivity contribution in [2.24, 2.45) is 0 Å². The topological polar surface area (TPSA) is 20.2 Å². The Balaban J connectivity index is 2.62. The first kappa shape index (κ1) is 9.00. The maximum absolute atomic E-state index is 8.62.